The molecule has 0 aliphatic rings. The van der Waals surface area contributed by atoms with Gasteiger partial charge in [-0.2, -0.15) is 0 Å². The Kier molecular flexibility index (Phi) is 4.87. The number of phenols is 2. The third-order valence-electron chi connectivity index (χ3n) is 3.41. The molecule has 1 heterocycles. The number of aromatic nitrogens is 1. The van der Waals surface area contributed by atoms with Gasteiger partial charge in [0.2, 0.25) is 0 Å². The molecule has 0 aliphatic carbocycles. The van der Waals surface area contributed by atoms with Crippen LogP contribution in [-0.4, -0.2) is 21.1 Å². The summed E-state index contributed by atoms with van der Waals surface area (Å²) in [5.41, 5.74) is 1.01. The maximum atomic E-state index is 13.7. The maximum absolute atomic E-state index is 13.7. The SMILES string of the molecule is O=C(NCc1nc(-c2ccc(O)c(O)c2)cs1)c1c(F)cccc1Cl. The zero-order chi connectivity index (χ0) is 18.0. The predicted octanol–water partition coefficient (Wildman–Crippen LogP) is 3.94. The van der Waals surface area contributed by atoms with Crippen molar-refractivity contribution in [2.24, 2.45) is 0 Å². The van der Waals surface area contributed by atoms with Crippen molar-refractivity contribution in [3.63, 3.8) is 0 Å². The summed E-state index contributed by atoms with van der Waals surface area (Å²) in [6.45, 7) is 0.109. The first-order valence-corrected chi connectivity index (χ1v) is 8.40. The van der Waals surface area contributed by atoms with E-state index in [4.69, 9.17) is 11.6 Å². The van der Waals surface area contributed by atoms with Crippen LogP contribution in [0.3, 0.4) is 0 Å². The molecular formula is C17H12ClFN2O3S. The number of carbonyl (C=O) groups excluding carboxylic acids is 1. The highest BCUT2D eigenvalue weighted by Gasteiger charge is 2.16. The van der Waals surface area contributed by atoms with Crippen molar-refractivity contribution in [3.8, 4) is 22.8 Å². The van der Waals surface area contributed by atoms with E-state index < -0.39 is 11.7 Å². The molecule has 25 heavy (non-hydrogen) atoms. The van der Waals surface area contributed by atoms with E-state index in [2.05, 4.69) is 10.3 Å². The monoisotopic (exact) mass is 378 g/mol. The van der Waals surface area contributed by atoms with Crippen molar-refractivity contribution in [3.05, 3.63) is 63.2 Å². The van der Waals surface area contributed by atoms with E-state index in [1.165, 1.54) is 41.7 Å². The average Bonchev–Trinajstić information content (AvgIpc) is 3.04. The van der Waals surface area contributed by atoms with E-state index in [0.717, 1.165) is 0 Å². The summed E-state index contributed by atoms with van der Waals surface area (Å²) in [6.07, 6.45) is 0. The van der Waals surface area contributed by atoms with Crippen LogP contribution in [0.25, 0.3) is 11.3 Å². The van der Waals surface area contributed by atoms with Crippen molar-refractivity contribution >= 4 is 28.8 Å². The van der Waals surface area contributed by atoms with Crippen LogP contribution in [0.5, 0.6) is 11.5 Å². The molecular weight excluding hydrogens is 367 g/mol. The van der Waals surface area contributed by atoms with E-state index in [1.54, 1.807) is 11.4 Å². The number of carbonyl (C=O) groups is 1. The second-order valence-electron chi connectivity index (χ2n) is 5.11. The predicted molar refractivity (Wildman–Crippen MR) is 93.5 cm³/mol. The molecule has 0 saturated carbocycles. The lowest BCUT2D eigenvalue weighted by atomic mass is 10.1. The molecule has 3 N–H and O–H groups in total. The standard InChI is InChI=1S/C17H12ClFN2O3S/c18-10-2-1-3-11(19)16(10)17(24)20-7-15-21-12(8-25-15)9-4-5-13(22)14(23)6-9/h1-6,8,22-23H,7H2,(H,20,24). The fraction of sp³-hybridized carbons (Fsp3) is 0.0588. The summed E-state index contributed by atoms with van der Waals surface area (Å²) in [5, 5.41) is 23.9. The number of nitrogens with zero attached hydrogens (tertiary/aromatic N) is 1. The van der Waals surface area contributed by atoms with Gasteiger partial charge in [-0.15, -0.1) is 11.3 Å². The first kappa shape index (κ1) is 17.2. The highest BCUT2D eigenvalue weighted by atomic mass is 35.5. The van der Waals surface area contributed by atoms with Crippen LogP contribution < -0.4 is 5.32 Å². The number of phenolic OH excluding ortho intramolecular Hbond substituents is 2. The highest BCUT2D eigenvalue weighted by molar-refractivity contribution is 7.09. The molecule has 0 spiro atoms. The third kappa shape index (κ3) is 3.72. The smallest absolute Gasteiger partial charge is 0.256 e. The number of aromatic hydroxyl groups is 2. The van der Waals surface area contributed by atoms with Crippen molar-refractivity contribution in [1.82, 2.24) is 10.3 Å². The number of hydrogen-bond donors (Lipinski definition) is 3. The van der Waals surface area contributed by atoms with Gasteiger partial charge in [0.25, 0.3) is 5.91 Å². The fourth-order valence-corrected chi connectivity index (χ4v) is 3.16. The number of thiazole rings is 1. The molecule has 1 aromatic heterocycles. The van der Waals surface area contributed by atoms with E-state index in [9.17, 15) is 19.4 Å². The zero-order valence-electron chi connectivity index (χ0n) is 12.7. The second kappa shape index (κ2) is 7.08. The van der Waals surface area contributed by atoms with E-state index in [1.807, 2.05) is 0 Å². The van der Waals surface area contributed by atoms with E-state index in [0.29, 0.717) is 16.3 Å². The fourth-order valence-electron chi connectivity index (χ4n) is 2.17. The Morgan fingerprint density at radius 2 is 2.04 bits per heavy atom. The number of benzene rings is 2. The summed E-state index contributed by atoms with van der Waals surface area (Å²) in [5.74, 6) is -1.77. The molecule has 0 atom stereocenters. The molecule has 0 fully saturated rings. The first-order chi connectivity index (χ1) is 12.0. The Hall–Kier alpha value is -2.64. The van der Waals surface area contributed by atoms with Gasteiger partial charge in [-0.3, -0.25) is 4.79 Å². The van der Waals surface area contributed by atoms with Crippen LogP contribution in [0.2, 0.25) is 5.02 Å². The van der Waals surface area contributed by atoms with Crippen molar-refractivity contribution in [2.45, 2.75) is 6.54 Å². The number of nitrogens with one attached hydrogen (secondary N) is 1. The summed E-state index contributed by atoms with van der Waals surface area (Å²) in [4.78, 5) is 16.4. The van der Waals surface area contributed by atoms with Gasteiger partial charge in [0, 0.05) is 10.9 Å². The van der Waals surface area contributed by atoms with Gasteiger partial charge in [0.15, 0.2) is 11.5 Å². The van der Waals surface area contributed by atoms with Crippen LogP contribution in [0.15, 0.2) is 41.8 Å². The molecule has 0 aliphatic heterocycles. The highest BCUT2D eigenvalue weighted by Crippen LogP contribution is 2.31. The molecule has 128 valence electrons. The van der Waals surface area contributed by atoms with Gasteiger partial charge in [0.05, 0.1) is 22.8 Å². The minimum atomic E-state index is -0.690. The Bertz CT molecular complexity index is 925. The minimum absolute atomic E-state index is 0.0388. The largest absolute Gasteiger partial charge is 0.504 e. The average molecular weight is 379 g/mol. The second-order valence-corrected chi connectivity index (χ2v) is 6.46. The van der Waals surface area contributed by atoms with Gasteiger partial charge in [0.1, 0.15) is 10.8 Å². The topological polar surface area (TPSA) is 82.5 Å². The normalized spacial score (nSPS) is 10.6. The van der Waals surface area contributed by atoms with Gasteiger partial charge >= 0.3 is 0 Å². The van der Waals surface area contributed by atoms with Gasteiger partial charge in [-0.1, -0.05) is 17.7 Å². The molecule has 0 bridgehead atoms. The van der Waals surface area contributed by atoms with Crippen molar-refractivity contribution in [2.75, 3.05) is 0 Å². The molecule has 5 nitrogen and oxygen atoms in total. The molecule has 3 aromatic rings. The van der Waals surface area contributed by atoms with Crippen LogP contribution >= 0.6 is 22.9 Å². The van der Waals surface area contributed by atoms with Gasteiger partial charge in [-0.05, 0) is 30.3 Å². The van der Waals surface area contributed by atoms with Crippen molar-refractivity contribution in [1.29, 1.82) is 0 Å². The molecule has 0 radical (unpaired) electrons. The summed E-state index contributed by atoms with van der Waals surface area (Å²) in [6, 6.07) is 8.41. The van der Waals surface area contributed by atoms with Crippen LogP contribution in [0.4, 0.5) is 4.39 Å². The number of hydrogen-bond acceptors (Lipinski definition) is 5. The molecule has 1 amide bonds. The molecule has 0 saturated heterocycles. The first-order valence-electron chi connectivity index (χ1n) is 7.14. The Morgan fingerprint density at radius 3 is 2.76 bits per heavy atom. The minimum Gasteiger partial charge on any atom is -0.504 e. The summed E-state index contributed by atoms with van der Waals surface area (Å²) >= 11 is 7.16. The van der Waals surface area contributed by atoms with Gasteiger partial charge < -0.3 is 15.5 Å². The lowest BCUT2D eigenvalue weighted by Gasteiger charge is -2.06. The number of rotatable bonds is 4. The third-order valence-corrected chi connectivity index (χ3v) is 4.58. The maximum Gasteiger partial charge on any atom is 0.256 e. The van der Waals surface area contributed by atoms with Crippen LogP contribution in [-0.2, 0) is 6.54 Å². The van der Waals surface area contributed by atoms with Crippen LogP contribution in [0.1, 0.15) is 15.4 Å². The lowest BCUT2D eigenvalue weighted by molar-refractivity contribution is 0.0947. The van der Waals surface area contributed by atoms with Crippen molar-refractivity contribution < 1.29 is 19.4 Å². The lowest BCUT2D eigenvalue weighted by Crippen LogP contribution is -2.24. The Balaban J connectivity index is 1.71. The van der Waals surface area contributed by atoms with E-state index in [-0.39, 0.29) is 28.6 Å². The Morgan fingerprint density at radius 1 is 1.24 bits per heavy atom. The van der Waals surface area contributed by atoms with Crippen LogP contribution in [0, 0.1) is 5.82 Å². The quantitative estimate of drug-likeness (QED) is 0.600. The summed E-state index contributed by atoms with van der Waals surface area (Å²) in [7, 11) is 0. The van der Waals surface area contributed by atoms with Gasteiger partial charge in [-0.25, -0.2) is 9.37 Å². The number of amides is 1. The Labute approximate surface area is 151 Å². The number of halogens is 2. The molecule has 8 heteroatoms. The molecule has 2 aromatic carbocycles. The zero-order valence-corrected chi connectivity index (χ0v) is 14.2. The molecule has 3 rings (SSSR count). The summed E-state index contributed by atoms with van der Waals surface area (Å²) < 4.78 is 13.7. The molecule has 0 unspecified atom stereocenters. The van der Waals surface area contributed by atoms with E-state index >= 15 is 0 Å².